The highest BCUT2D eigenvalue weighted by Gasteiger charge is 2.35. The van der Waals surface area contributed by atoms with Crippen LogP contribution >= 0.6 is 15.9 Å². The molecular weight excluding hydrogens is 338 g/mol. The molecule has 0 atom stereocenters. The van der Waals surface area contributed by atoms with E-state index < -0.39 is 5.41 Å². The van der Waals surface area contributed by atoms with Crippen LogP contribution in [-0.4, -0.2) is 16.5 Å². The lowest BCUT2D eigenvalue weighted by Gasteiger charge is -2.34. The molecule has 110 valence electrons. The van der Waals surface area contributed by atoms with Crippen molar-refractivity contribution in [3.63, 3.8) is 0 Å². The van der Waals surface area contributed by atoms with Crippen LogP contribution in [0.2, 0.25) is 0 Å². The van der Waals surface area contributed by atoms with Crippen LogP contribution in [0.1, 0.15) is 16.7 Å². The topological polar surface area (TPSA) is 51.8 Å². The summed E-state index contributed by atoms with van der Waals surface area (Å²) in [6, 6.07) is 16.2. The third kappa shape index (κ3) is 2.56. The van der Waals surface area contributed by atoms with Crippen molar-refractivity contribution in [2.45, 2.75) is 5.41 Å². The minimum Gasteiger partial charge on any atom is -0.329 e. The van der Waals surface area contributed by atoms with E-state index in [-0.39, 0.29) is 0 Å². The highest BCUT2D eigenvalue weighted by Crippen LogP contribution is 2.38. The Morgan fingerprint density at radius 3 is 1.91 bits per heavy atom. The maximum Gasteiger partial charge on any atom is 0.0603 e. The fourth-order valence-electron chi connectivity index (χ4n) is 2.84. The first-order valence-corrected chi connectivity index (χ1v) is 7.84. The molecule has 0 unspecified atom stereocenters. The molecular formula is C18H16BrN3. The largest absolute Gasteiger partial charge is 0.329 e. The van der Waals surface area contributed by atoms with Crippen LogP contribution in [0.25, 0.3) is 0 Å². The molecule has 22 heavy (non-hydrogen) atoms. The average molecular weight is 354 g/mol. The first-order valence-electron chi connectivity index (χ1n) is 7.04. The van der Waals surface area contributed by atoms with Gasteiger partial charge >= 0.3 is 0 Å². The van der Waals surface area contributed by atoms with Crippen LogP contribution < -0.4 is 5.73 Å². The summed E-state index contributed by atoms with van der Waals surface area (Å²) in [4.78, 5) is 8.57. The van der Waals surface area contributed by atoms with Gasteiger partial charge in [0.15, 0.2) is 0 Å². The Kier molecular flexibility index (Phi) is 4.32. The molecule has 0 radical (unpaired) electrons. The Morgan fingerprint density at radius 2 is 1.45 bits per heavy atom. The van der Waals surface area contributed by atoms with Gasteiger partial charge in [0.2, 0.25) is 0 Å². The van der Waals surface area contributed by atoms with Crippen LogP contribution in [0.3, 0.4) is 0 Å². The number of rotatable bonds is 4. The van der Waals surface area contributed by atoms with Crippen molar-refractivity contribution in [1.82, 2.24) is 9.97 Å². The number of nitrogens with two attached hydrogens (primary N) is 1. The Bertz CT molecular complexity index is 705. The molecule has 0 amide bonds. The van der Waals surface area contributed by atoms with E-state index >= 15 is 0 Å². The van der Waals surface area contributed by atoms with Gasteiger partial charge in [-0.3, -0.25) is 9.97 Å². The normalized spacial score (nSPS) is 11.4. The second-order valence-corrected chi connectivity index (χ2v) is 6.02. The van der Waals surface area contributed by atoms with Gasteiger partial charge in [0.25, 0.3) is 0 Å². The fourth-order valence-corrected chi connectivity index (χ4v) is 3.24. The van der Waals surface area contributed by atoms with E-state index in [4.69, 9.17) is 5.73 Å². The Labute approximate surface area is 138 Å². The molecule has 0 saturated carbocycles. The minimum atomic E-state index is -0.466. The molecule has 3 rings (SSSR count). The van der Waals surface area contributed by atoms with Gasteiger partial charge in [-0.05, 0) is 41.0 Å². The van der Waals surface area contributed by atoms with E-state index in [2.05, 4.69) is 50.2 Å². The van der Waals surface area contributed by atoms with E-state index in [0.717, 1.165) is 21.2 Å². The van der Waals surface area contributed by atoms with Crippen LogP contribution in [0.15, 0.2) is 77.8 Å². The zero-order chi connectivity index (χ0) is 15.4. The number of benzene rings is 1. The van der Waals surface area contributed by atoms with E-state index in [1.807, 2.05) is 36.7 Å². The van der Waals surface area contributed by atoms with Gasteiger partial charge in [-0.15, -0.1) is 0 Å². The molecule has 2 aromatic heterocycles. The first-order chi connectivity index (χ1) is 10.8. The lowest BCUT2D eigenvalue weighted by molar-refractivity contribution is 0.623. The SMILES string of the molecule is NCC(c1cccnc1)(c1cccnc1)c1cccc(Br)c1. The standard InChI is InChI=1S/C18H16BrN3/c19-17-7-1-4-14(10-17)18(13-20,15-5-2-8-21-11-15)16-6-3-9-22-12-16/h1-12H,13,20H2. The molecule has 2 heterocycles. The maximum atomic E-state index is 6.28. The predicted molar refractivity (Wildman–Crippen MR) is 91.6 cm³/mol. The highest BCUT2D eigenvalue weighted by atomic mass is 79.9. The molecule has 0 aliphatic heterocycles. The maximum absolute atomic E-state index is 6.28. The summed E-state index contributed by atoms with van der Waals surface area (Å²) in [6.07, 6.45) is 7.30. The van der Waals surface area contributed by atoms with Crippen LogP contribution in [0.5, 0.6) is 0 Å². The van der Waals surface area contributed by atoms with Gasteiger partial charge < -0.3 is 5.73 Å². The predicted octanol–water partition coefficient (Wildman–Crippen LogP) is 3.53. The van der Waals surface area contributed by atoms with Crippen molar-refractivity contribution in [1.29, 1.82) is 0 Å². The monoisotopic (exact) mass is 353 g/mol. The summed E-state index contributed by atoms with van der Waals surface area (Å²) in [6.45, 7) is 0.431. The summed E-state index contributed by atoms with van der Waals surface area (Å²) < 4.78 is 1.02. The van der Waals surface area contributed by atoms with E-state index in [9.17, 15) is 0 Å². The van der Waals surface area contributed by atoms with Crippen molar-refractivity contribution in [2.75, 3.05) is 6.54 Å². The van der Waals surface area contributed by atoms with Crippen molar-refractivity contribution < 1.29 is 0 Å². The first kappa shape index (κ1) is 14.9. The zero-order valence-electron chi connectivity index (χ0n) is 12.0. The number of nitrogens with zero attached hydrogens (tertiary/aromatic N) is 2. The third-order valence-corrected chi connectivity index (χ3v) is 4.43. The van der Waals surface area contributed by atoms with Gasteiger partial charge in [-0.1, -0.05) is 40.2 Å². The Balaban J connectivity index is 2.31. The summed E-state index contributed by atoms with van der Waals surface area (Å²) in [5.41, 5.74) is 9.05. The lowest BCUT2D eigenvalue weighted by atomic mass is 9.70. The Morgan fingerprint density at radius 1 is 0.864 bits per heavy atom. The Hall–Kier alpha value is -2.04. The van der Waals surface area contributed by atoms with Crippen LogP contribution in [0.4, 0.5) is 0 Å². The molecule has 0 spiro atoms. The van der Waals surface area contributed by atoms with Gasteiger partial charge in [0, 0.05) is 35.8 Å². The number of hydrogen-bond acceptors (Lipinski definition) is 3. The fraction of sp³-hybridized carbons (Fsp3) is 0.111. The molecule has 3 nitrogen and oxygen atoms in total. The number of aromatic nitrogens is 2. The number of hydrogen-bond donors (Lipinski definition) is 1. The molecule has 0 aliphatic rings. The molecule has 1 aromatic carbocycles. The summed E-state index contributed by atoms with van der Waals surface area (Å²) in [7, 11) is 0. The lowest BCUT2D eigenvalue weighted by Crippen LogP contribution is -2.37. The molecule has 4 heteroatoms. The highest BCUT2D eigenvalue weighted by molar-refractivity contribution is 9.10. The summed E-state index contributed by atoms with van der Waals surface area (Å²) in [5.74, 6) is 0. The third-order valence-electron chi connectivity index (χ3n) is 3.93. The molecule has 2 N–H and O–H groups in total. The molecule has 0 aliphatic carbocycles. The van der Waals surface area contributed by atoms with E-state index in [1.54, 1.807) is 12.4 Å². The second kappa shape index (κ2) is 6.38. The van der Waals surface area contributed by atoms with Crippen molar-refractivity contribution >= 4 is 15.9 Å². The van der Waals surface area contributed by atoms with Gasteiger partial charge in [0.05, 0.1) is 5.41 Å². The quantitative estimate of drug-likeness (QED) is 0.780. The summed E-state index contributed by atoms with van der Waals surface area (Å²) in [5, 5.41) is 0. The van der Waals surface area contributed by atoms with E-state index in [1.165, 1.54) is 0 Å². The van der Waals surface area contributed by atoms with Crippen molar-refractivity contribution in [2.24, 2.45) is 5.73 Å². The second-order valence-electron chi connectivity index (χ2n) is 5.10. The average Bonchev–Trinajstić information content (AvgIpc) is 2.58. The van der Waals surface area contributed by atoms with E-state index in [0.29, 0.717) is 6.54 Å². The summed E-state index contributed by atoms with van der Waals surface area (Å²) >= 11 is 3.56. The molecule has 0 saturated heterocycles. The van der Waals surface area contributed by atoms with Crippen molar-refractivity contribution in [3.05, 3.63) is 94.5 Å². The minimum absolute atomic E-state index is 0.431. The zero-order valence-corrected chi connectivity index (χ0v) is 13.6. The van der Waals surface area contributed by atoms with Gasteiger partial charge in [0.1, 0.15) is 0 Å². The van der Waals surface area contributed by atoms with Crippen molar-refractivity contribution in [3.8, 4) is 0 Å². The molecule has 0 bridgehead atoms. The van der Waals surface area contributed by atoms with Crippen LogP contribution in [0, 0.1) is 0 Å². The smallest absolute Gasteiger partial charge is 0.0603 e. The van der Waals surface area contributed by atoms with Gasteiger partial charge in [-0.25, -0.2) is 0 Å². The molecule has 3 aromatic rings. The van der Waals surface area contributed by atoms with Gasteiger partial charge in [-0.2, -0.15) is 0 Å². The molecule has 0 fully saturated rings. The van der Waals surface area contributed by atoms with Crippen LogP contribution in [-0.2, 0) is 5.41 Å². The number of pyridine rings is 2. The number of halogens is 1.